The Morgan fingerprint density at radius 1 is 1.12 bits per heavy atom. The highest BCUT2D eigenvalue weighted by Gasteiger charge is 2.37. The highest BCUT2D eigenvalue weighted by atomic mass is 127. The molecule has 1 heterocycles. The number of halogens is 1. The molecule has 0 saturated carbocycles. The van der Waals surface area contributed by atoms with Gasteiger partial charge in [-0.3, -0.25) is 4.79 Å². The van der Waals surface area contributed by atoms with Gasteiger partial charge in [0.05, 0.1) is 10.6 Å². The number of aryl methyl sites for hydroxylation is 1. The Balaban J connectivity index is 1.86. The zero-order valence-electron chi connectivity index (χ0n) is 14.5. The number of carbonyl (C=O) groups is 1. The predicted molar refractivity (Wildman–Crippen MR) is 110 cm³/mol. The number of sulfonamides is 1. The lowest BCUT2D eigenvalue weighted by molar-refractivity contribution is -0.120. The second-order valence-corrected chi connectivity index (χ2v) is 9.46. The van der Waals surface area contributed by atoms with Gasteiger partial charge in [-0.15, -0.1) is 0 Å². The molecule has 1 atom stereocenters. The van der Waals surface area contributed by atoms with Crippen LogP contribution < -0.4 is 5.32 Å². The summed E-state index contributed by atoms with van der Waals surface area (Å²) >= 11 is 2.15. The molecule has 5 nitrogen and oxygen atoms in total. The second-order valence-electron chi connectivity index (χ2n) is 6.41. The molecule has 138 valence electrons. The van der Waals surface area contributed by atoms with Crippen molar-refractivity contribution in [2.24, 2.45) is 0 Å². The van der Waals surface area contributed by atoms with E-state index in [1.165, 1.54) is 4.31 Å². The summed E-state index contributed by atoms with van der Waals surface area (Å²) in [5.41, 5.74) is 1.70. The minimum atomic E-state index is -3.70. The maximum absolute atomic E-state index is 13.1. The van der Waals surface area contributed by atoms with Gasteiger partial charge in [0.25, 0.3) is 0 Å². The zero-order chi connectivity index (χ0) is 18.7. The van der Waals surface area contributed by atoms with Gasteiger partial charge in [-0.05, 0) is 66.6 Å². The molecule has 0 radical (unpaired) electrons. The lowest BCUT2D eigenvalue weighted by Crippen LogP contribution is -2.49. The molecule has 1 fully saturated rings. The average Bonchev–Trinajstić information content (AvgIpc) is 2.64. The highest BCUT2D eigenvalue weighted by Crippen LogP contribution is 2.27. The Morgan fingerprint density at radius 3 is 2.50 bits per heavy atom. The molecule has 3 rings (SSSR count). The maximum atomic E-state index is 13.1. The van der Waals surface area contributed by atoms with Crippen molar-refractivity contribution in [3.63, 3.8) is 0 Å². The minimum Gasteiger partial charge on any atom is -0.324 e. The van der Waals surface area contributed by atoms with Crippen LogP contribution in [0.25, 0.3) is 0 Å². The van der Waals surface area contributed by atoms with Crippen molar-refractivity contribution in [1.82, 2.24) is 4.31 Å². The molecule has 1 N–H and O–H groups in total. The van der Waals surface area contributed by atoms with Gasteiger partial charge < -0.3 is 5.32 Å². The maximum Gasteiger partial charge on any atom is 0.243 e. The van der Waals surface area contributed by atoms with Crippen molar-refractivity contribution in [3.8, 4) is 0 Å². The molecule has 1 unspecified atom stereocenters. The fourth-order valence-corrected chi connectivity index (χ4v) is 5.26. The van der Waals surface area contributed by atoms with Crippen molar-refractivity contribution in [2.45, 2.75) is 37.1 Å². The summed E-state index contributed by atoms with van der Waals surface area (Å²) in [6.45, 7) is 2.27. The number of carbonyl (C=O) groups excluding carboxylic acids is 1. The van der Waals surface area contributed by atoms with Gasteiger partial charge in [0.15, 0.2) is 0 Å². The van der Waals surface area contributed by atoms with Crippen molar-refractivity contribution in [1.29, 1.82) is 0 Å². The van der Waals surface area contributed by atoms with Crippen LogP contribution in [0.3, 0.4) is 0 Å². The third-order valence-electron chi connectivity index (χ3n) is 4.52. The first-order valence-corrected chi connectivity index (χ1v) is 11.1. The van der Waals surface area contributed by atoms with E-state index in [2.05, 4.69) is 27.9 Å². The Morgan fingerprint density at radius 2 is 1.81 bits per heavy atom. The third kappa shape index (κ3) is 4.10. The van der Waals surface area contributed by atoms with Crippen molar-refractivity contribution in [3.05, 3.63) is 57.7 Å². The fraction of sp³-hybridized carbons (Fsp3) is 0.316. The summed E-state index contributed by atoms with van der Waals surface area (Å²) in [4.78, 5) is 13.1. The van der Waals surface area contributed by atoms with Crippen LogP contribution >= 0.6 is 22.6 Å². The monoisotopic (exact) mass is 484 g/mol. The Labute approximate surface area is 168 Å². The Hall–Kier alpha value is -1.45. The second kappa shape index (κ2) is 8.06. The molecule has 0 spiro atoms. The van der Waals surface area contributed by atoms with E-state index in [4.69, 9.17) is 0 Å². The van der Waals surface area contributed by atoms with Crippen LogP contribution in [0.4, 0.5) is 5.69 Å². The molecule has 1 aliphatic heterocycles. The summed E-state index contributed by atoms with van der Waals surface area (Å²) in [5, 5.41) is 2.89. The fourth-order valence-electron chi connectivity index (χ4n) is 3.08. The molecule has 26 heavy (non-hydrogen) atoms. The van der Waals surface area contributed by atoms with E-state index >= 15 is 0 Å². The number of nitrogens with one attached hydrogen (secondary N) is 1. The lowest BCUT2D eigenvalue weighted by Gasteiger charge is -2.33. The number of benzene rings is 2. The van der Waals surface area contributed by atoms with Gasteiger partial charge in [0.2, 0.25) is 15.9 Å². The molecule has 0 aromatic heterocycles. The van der Waals surface area contributed by atoms with E-state index in [1.807, 2.05) is 31.2 Å². The average molecular weight is 484 g/mol. The van der Waals surface area contributed by atoms with Crippen LogP contribution in [-0.2, 0) is 14.8 Å². The number of hydrogen-bond donors (Lipinski definition) is 1. The molecule has 0 bridgehead atoms. The van der Waals surface area contributed by atoms with E-state index in [9.17, 15) is 13.2 Å². The smallest absolute Gasteiger partial charge is 0.243 e. The van der Waals surface area contributed by atoms with E-state index in [0.717, 1.165) is 22.0 Å². The van der Waals surface area contributed by atoms with Gasteiger partial charge in [-0.25, -0.2) is 8.42 Å². The van der Waals surface area contributed by atoms with Crippen LogP contribution in [0.5, 0.6) is 0 Å². The van der Waals surface area contributed by atoms with Crippen LogP contribution in [0.1, 0.15) is 24.8 Å². The molecule has 1 saturated heterocycles. The van der Waals surface area contributed by atoms with E-state index < -0.39 is 16.1 Å². The zero-order valence-corrected chi connectivity index (χ0v) is 17.5. The largest absolute Gasteiger partial charge is 0.324 e. The van der Waals surface area contributed by atoms with Crippen LogP contribution in [0.15, 0.2) is 53.4 Å². The van der Waals surface area contributed by atoms with Gasteiger partial charge in [-0.1, -0.05) is 36.2 Å². The summed E-state index contributed by atoms with van der Waals surface area (Å²) in [7, 11) is -3.70. The molecule has 1 amide bonds. The van der Waals surface area contributed by atoms with E-state index in [1.54, 1.807) is 24.3 Å². The Bertz CT molecular complexity index is 897. The van der Waals surface area contributed by atoms with Gasteiger partial charge in [0, 0.05) is 10.1 Å². The first-order chi connectivity index (χ1) is 12.4. The quantitative estimate of drug-likeness (QED) is 0.672. The van der Waals surface area contributed by atoms with E-state index in [-0.39, 0.29) is 10.8 Å². The van der Waals surface area contributed by atoms with Crippen LogP contribution in [0.2, 0.25) is 0 Å². The summed E-state index contributed by atoms with van der Waals surface area (Å²) < 4.78 is 28.4. The molecule has 7 heteroatoms. The lowest BCUT2D eigenvalue weighted by atomic mass is 10.0. The van der Waals surface area contributed by atoms with Crippen molar-refractivity contribution >= 4 is 44.2 Å². The van der Waals surface area contributed by atoms with E-state index in [0.29, 0.717) is 18.7 Å². The normalized spacial score (nSPS) is 18.5. The number of anilines is 1. The first-order valence-electron chi connectivity index (χ1n) is 8.53. The van der Waals surface area contributed by atoms with Gasteiger partial charge >= 0.3 is 0 Å². The number of nitrogens with zero attached hydrogens (tertiary/aromatic N) is 1. The molecule has 2 aromatic carbocycles. The number of hydrogen-bond acceptors (Lipinski definition) is 3. The van der Waals surface area contributed by atoms with Gasteiger partial charge in [0.1, 0.15) is 6.04 Å². The summed E-state index contributed by atoms with van der Waals surface area (Å²) in [6.07, 6.45) is 2.13. The number of piperidine rings is 1. The third-order valence-corrected chi connectivity index (χ3v) is 7.38. The number of rotatable bonds is 4. The molecule has 0 aliphatic carbocycles. The molecule has 2 aromatic rings. The number of para-hydroxylation sites is 1. The van der Waals surface area contributed by atoms with Crippen molar-refractivity contribution < 1.29 is 13.2 Å². The standard InChI is InChI=1S/C19H21IN2O3S/c1-14-9-11-15(12-10-14)26(24,25)22-13-5-4-8-18(22)19(23)21-17-7-3-2-6-16(17)20/h2-3,6-7,9-12,18H,4-5,8,13H2,1H3,(H,21,23). The summed E-state index contributed by atoms with van der Waals surface area (Å²) in [5.74, 6) is -0.274. The Kier molecular flexibility index (Phi) is 5.99. The molecule has 1 aliphatic rings. The first kappa shape index (κ1) is 19.3. The predicted octanol–water partition coefficient (Wildman–Crippen LogP) is 3.78. The minimum absolute atomic E-state index is 0.233. The van der Waals surface area contributed by atoms with Gasteiger partial charge in [-0.2, -0.15) is 4.31 Å². The summed E-state index contributed by atoms with van der Waals surface area (Å²) in [6, 6.07) is 13.5. The van der Waals surface area contributed by atoms with Crippen LogP contribution in [0, 0.1) is 10.5 Å². The van der Waals surface area contributed by atoms with Crippen LogP contribution in [-0.4, -0.2) is 31.2 Å². The molecular formula is C19H21IN2O3S. The highest BCUT2D eigenvalue weighted by molar-refractivity contribution is 14.1. The molecular weight excluding hydrogens is 463 g/mol. The van der Waals surface area contributed by atoms with Crippen molar-refractivity contribution in [2.75, 3.05) is 11.9 Å². The topological polar surface area (TPSA) is 66.5 Å². The number of amides is 1. The SMILES string of the molecule is Cc1ccc(S(=O)(=O)N2CCCCC2C(=O)Nc2ccccc2I)cc1.